The van der Waals surface area contributed by atoms with Crippen LogP contribution in [0, 0.1) is 6.92 Å². The third-order valence-corrected chi connectivity index (χ3v) is 2.12. The molecule has 0 bridgehead atoms. The summed E-state index contributed by atoms with van der Waals surface area (Å²) in [6, 6.07) is 5.73. The zero-order chi connectivity index (χ0) is 11.3. The van der Waals surface area contributed by atoms with Gasteiger partial charge >= 0.3 is 0 Å². The van der Waals surface area contributed by atoms with Crippen molar-refractivity contribution in [3.05, 3.63) is 29.3 Å². The maximum atomic E-state index is 9.53. The molecule has 1 aromatic carbocycles. The summed E-state index contributed by atoms with van der Waals surface area (Å²) in [4.78, 5) is 0. The van der Waals surface area contributed by atoms with Gasteiger partial charge in [-0.05, 0) is 32.4 Å². The van der Waals surface area contributed by atoms with Crippen molar-refractivity contribution >= 4 is 0 Å². The Morgan fingerprint density at radius 1 is 1.40 bits per heavy atom. The first kappa shape index (κ1) is 12.0. The summed E-state index contributed by atoms with van der Waals surface area (Å²) >= 11 is 0. The van der Waals surface area contributed by atoms with E-state index in [-0.39, 0.29) is 6.79 Å². The van der Waals surface area contributed by atoms with Gasteiger partial charge in [0.05, 0.1) is 6.10 Å². The molecule has 0 spiro atoms. The second-order valence-electron chi connectivity index (χ2n) is 3.47. The van der Waals surface area contributed by atoms with Gasteiger partial charge in [0, 0.05) is 12.2 Å². The first-order valence-corrected chi connectivity index (χ1v) is 5.14. The zero-order valence-corrected chi connectivity index (χ0v) is 9.49. The summed E-state index contributed by atoms with van der Waals surface area (Å²) in [6.45, 7) is 6.46. The Morgan fingerprint density at radius 2 is 2.13 bits per heavy atom. The fraction of sp³-hybridized carbons (Fsp3) is 0.500. The molecule has 0 aliphatic heterocycles. The van der Waals surface area contributed by atoms with Crippen molar-refractivity contribution in [2.45, 2.75) is 26.9 Å². The van der Waals surface area contributed by atoms with E-state index in [1.54, 1.807) is 6.92 Å². The highest BCUT2D eigenvalue weighted by molar-refractivity contribution is 5.38. The van der Waals surface area contributed by atoms with Crippen molar-refractivity contribution in [2.75, 3.05) is 13.4 Å². The topological polar surface area (TPSA) is 38.7 Å². The molecule has 1 N–H and O–H groups in total. The second kappa shape index (κ2) is 5.73. The number of aliphatic hydroxyl groups is 1. The predicted molar refractivity (Wildman–Crippen MR) is 58.9 cm³/mol. The highest BCUT2D eigenvalue weighted by Gasteiger charge is 2.08. The van der Waals surface area contributed by atoms with Crippen LogP contribution in [-0.4, -0.2) is 18.5 Å². The Hall–Kier alpha value is -1.06. The molecule has 15 heavy (non-hydrogen) atoms. The molecule has 0 fully saturated rings. The number of hydrogen-bond donors (Lipinski definition) is 1. The summed E-state index contributed by atoms with van der Waals surface area (Å²) < 4.78 is 10.5. The first-order chi connectivity index (χ1) is 7.15. The average molecular weight is 210 g/mol. The molecule has 1 rings (SSSR count). The lowest BCUT2D eigenvalue weighted by molar-refractivity contribution is 0.0204. The molecule has 0 amide bonds. The van der Waals surface area contributed by atoms with E-state index in [1.807, 2.05) is 32.0 Å². The number of rotatable bonds is 5. The van der Waals surface area contributed by atoms with E-state index in [0.717, 1.165) is 11.1 Å². The molecule has 3 nitrogen and oxygen atoms in total. The minimum atomic E-state index is -0.526. The molecule has 1 aromatic rings. The second-order valence-corrected chi connectivity index (χ2v) is 3.47. The van der Waals surface area contributed by atoms with E-state index < -0.39 is 6.10 Å². The van der Waals surface area contributed by atoms with Gasteiger partial charge in [0.1, 0.15) is 5.75 Å². The first-order valence-electron chi connectivity index (χ1n) is 5.14. The fourth-order valence-corrected chi connectivity index (χ4v) is 1.30. The molecular formula is C12H18O3. The van der Waals surface area contributed by atoms with Gasteiger partial charge in [-0.1, -0.05) is 12.1 Å². The Labute approximate surface area is 90.6 Å². The van der Waals surface area contributed by atoms with Crippen molar-refractivity contribution < 1.29 is 14.6 Å². The predicted octanol–water partition coefficient (Wildman–Crippen LogP) is 2.42. The zero-order valence-electron chi connectivity index (χ0n) is 9.49. The summed E-state index contributed by atoms with van der Waals surface area (Å²) in [5.74, 6) is 0.693. The SMILES string of the molecule is CCOCOc1cc(C)ccc1[C@@H](C)O. The van der Waals surface area contributed by atoms with E-state index in [2.05, 4.69) is 0 Å². The van der Waals surface area contributed by atoms with Crippen LogP contribution in [0.5, 0.6) is 5.75 Å². The van der Waals surface area contributed by atoms with Crippen LogP contribution >= 0.6 is 0 Å². The maximum Gasteiger partial charge on any atom is 0.189 e. The van der Waals surface area contributed by atoms with Gasteiger partial charge in [0.2, 0.25) is 0 Å². The lowest BCUT2D eigenvalue weighted by Gasteiger charge is -2.13. The van der Waals surface area contributed by atoms with Gasteiger partial charge in [-0.15, -0.1) is 0 Å². The standard InChI is InChI=1S/C12H18O3/c1-4-14-8-15-12-7-9(2)5-6-11(12)10(3)13/h5-7,10,13H,4,8H2,1-3H3/t10-/m1/s1. The molecule has 0 aromatic heterocycles. The minimum Gasteiger partial charge on any atom is -0.467 e. The lowest BCUT2D eigenvalue weighted by atomic mass is 10.1. The van der Waals surface area contributed by atoms with E-state index in [0.29, 0.717) is 12.4 Å². The third-order valence-electron chi connectivity index (χ3n) is 2.12. The Bertz CT molecular complexity index is 308. The Kier molecular flexibility index (Phi) is 4.59. The number of ether oxygens (including phenoxy) is 2. The number of hydrogen-bond acceptors (Lipinski definition) is 3. The highest BCUT2D eigenvalue weighted by atomic mass is 16.7. The summed E-state index contributed by atoms with van der Waals surface area (Å²) in [5, 5.41) is 9.53. The van der Waals surface area contributed by atoms with Gasteiger partial charge in [-0.25, -0.2) is 0 Å². The quantitative estimate of drug-likeness (QED) is 0.599. The van der Waals surface area contributed by atoms with Crippen LogP contribution in [0.25, 0.3) is 0 Å². The average Bonchev–Trinajstić information content (AvgIpc) is 2.18. The molecular weight excluding hydrogens is 192 g/mol. The van der Waals surface area contributed by atoms with E-state index in [1.165, 1.54) is 0 Å². The fourth-order valence-electron chi connectivity index (χ4n) is 1.30. The van der Waals surface area contributed by atoms with Crippen LogP contribution in [0.2, 0.25) is 0 Å². The van der Waals surface area contributed by atoms with Gasteiger partial charge in [-0.2, -0.15) is 0 Å². The number of benzene rings is 1. The molecule has 0 unspecified atom stereocenters. The van der Waals surface area contributed by atoms with Crippen molar-refractivity contribution in [3.8, 4) is 5.75 Å². The summed E-state index contributed by atoms with van der Waals surface area (Å²) in [6.07, 6.45) is -0.526. The summed E-state index contributed by atoms with van der Waals surface area (Å²) in [7, 11) is 0. The van der Waals surface area contributed by atoms with Crippen LogP contribution in [0.3, 0.4) is 0 Å². The molecule has 0 radical (unpaired) electrons. The molecule has 0 aliphatic carbocycles. The molecule has 0 aliphatic rings. The molecule has 3 heteroatoms. The summed E-state index contributed by atoms with van der Waals surface area (Å²) in [5.41, 5.74) is 1.89. The van der Waals surface area contributed by atoms with E-state index >= 15 is 0 Å². The monoisotopic (exact) mass is 210 g/mol. The van der Waals surface area contributed by atoms with Gasteiger partial charge < -0.3 is 14.6 Å². The highest BCUT2D eigenvalue weighted by Crippen LogP contribution is 2.26. The normalized spacial score (nSPS) is 12.5. The Morgan fingerprint density at radius 3 is 2.73 bits per heavy atom. The van der Waals surface area contributed by atoms with Crippen LogP contribution in [0.15, 0.2) is 18.2 Å². The van der Waals surface area contributed by atoms with Crippen LogP contribution < -0.4 is 4.74 Å². The molecule has 0 heterocycles. The van der Waals surface area contributed by atoms with Gasteiger partial charge in [0.15, 0.2) is 6.79 Å². The van der Waals surface area contributed by atoms with Crippen molar-refractivity contribution in [2.24, 2.45) is 0 Å². The largest absolute Gasteiger partial charge is 0.467 e. The molecule has 0 saturated heterocycles. The smallest absolute Gasteiger partial charge is 0.189 e. The van der Waals surface area contributed by atoms with Crippen LogP contribution in [0.4, 0.5) is 0 Å². The number of aryl methyl sites for hydroxylation is 1. The maximum absolute atomic E-state index is 9.53. The lowest BCUT2D eigenvalue weighted by Crippen LogP contribution is -2.05. The van der Waals surface area contributed by atoms with Crippen molar-refractivity contribution in [1.29, 1.82) is 0 Å². The Balaban J connectivity index is 2.77. The molecule has 1 atom stereocenters. The van der Waals surface area contributed by atoms with Gasteiger partial charge in [-0.3, -0.25) is 0 Å². The minimum absolute atomic E-state index is 0.222. The van der Waals surface area contributed by atoms with Gasteiger partial charge in [0.25, 0.3) is 0 Å². The molecule has 0 saturated carbocycles. The van der Waals surface area contributed by atoms with E-state index in [9.17, 15) is 5.11 Å². The van der Waals surface area contributed by atoms with Crippen molar-refractivity contribution in [3.63, 3.8) is 0 Å². The van der Waals surface area contributed by atoms with Crippen molar-refractivity contribution in [1.82, 2.24) is 0 Å². The number of aliphatic hydroxyl groups excluding tert-OH is 1. The molecule has 84 valence electrons. The van der Waals surface area contributed by atoms with E-state index in [4.69, 9.17) is 9.47 Å². The third kappa shape index (κ3) is 3.53. The van der Waals surface area contributed by atoms with Crippen LogP contribution in [-0.2, 0) is 4.74 Å². The van der Waals surface area contributed by atoms with Crippen LogP contribution in [0.1, 0.15) is 31.1 Å².